The van der Waals surface area contributed by atoms with Crippen LogP contribution in [0.5, 0.6) is 0 Å². The summed E-state index contributed by atoms with van der Waals surface area (Å²) < 4.78 is 4.64. The van der Waals surface area contributed by atoms with Crippen LogP contribution in [0.2, 0.25) is 0 Å². The largest absolute Gasteiger partial charge is 0.304 e. The van der Waals surface area contributed by atoms with Gasteiger partial charge in [0.05, 0.1) is 0 Å². The Hall–Kier alpha value is 1.65. The minimum absolute atomic E-state index is 0.779. The summed E-state index contributed by atoms with van der Waals surface area (Å²) in [7, 11) is 4.45. The molecule has 2 fully saturated rings. The van der Waals surface area contributed by atoms with Gasteiger partial charge in [0.2, 0.25) is 0 Å². The van der Waals surface area contributed by atoms with E-state index in [1.807, 2.05) is 0 Å². The second-order valence-corrected chi connectivity index (χ2v) is 19.2. The molecule has 0 aromatic heterocycles. The lowest BCUT2D eigenvalue weighted by Crippen LogP contribution is -2.50. The van der Waals surface area contributed by atoms with E-state index >= 15 is 0 Å². The van der Waals surface area contributed by atoms with Crippen molar-refractivity contribution in [3.8, 4) is 0 Å². The molecule has 0 amide bonds. The van der Waals surface area contributed by atoms with Gasteiger partial charge < -0.3 is 9.80 Å². The Morgan fingerprint density at radius 2 is 0.941 bits per heavy atom. The van der Waals surface area contributed by atoms with Gasteiger partial charge in [-0.1, -0.05) is 0 Å². The van der Waals surface area contributed by atoms with Gasteiger partial charge in [-0.15, -0.1) is 0 Å². The first-order valence-corrected chi connectivity index (χ1v) is 12.7. The fourth-order valence-corrected chi connectivity index (χ4v) is 8.44. The smallest absolute Gasteiger partial charge is 0.0227 e. The molecule has 2 aliphatic rings. The van der Waals surface area contributed by atoms with Gasteiger partial charge in [0.1, 0.15) is 0 Å². The highest BCUT2D eigenvalue weighted by molar-refractivity contribution is 14.3. The molecular weight excluding hydrogens is 462 g/mol. The molecule has 2 saturated heterocycles. The van der Waals surface area contributed by atoms with Gasteiger partial charge in [0.15, 0.2) is 0 Å². The van der Waals surface area contributed by atoms with Gasteiger partial charge in [0, 0.05) is 94.8 Å². The van der Waals surface area contributed by atoms with Crippen LogP contribution >= 0.6 is 47.2 Å². The van der Waals surface area contributed by atoms with E-state index < -0.39 is 4.74 Å². The van der Waals surface area contributed by atoms with Crippen molar-refractivity contribution in [3.63, 3.8) is 0 Å². The van der Waals surface area contributed by atoms with Gasteiger partial charge in [-0.25, -0.2) is 8.61 Å². The zero-order valence-corrected chi connectivity index (χ0v) is 15.7. The summed E-state index contributed by atoms with van der Waals surface area (Å²) in [5.74, 6) is 0. The molecule has 2 rings (SSSR count). The van der Waals surface area contributed by atoms with Gasteiger partial charge >= 0.3 is 0 Å². The van der Waals surface area contributed by atoms with E-state index in [0.29, 0.717) is 0 Å². The van der Waals surface area contributed by atoms with Crippen LogP contribution in [0.15, 0.2) is 0 Å². The summed E-state index contributed by atoms with van der Waals surface area (Å²) in [6.07, 6.45) is 0. The molecule has 0 bridgehead atoms. The number of piperazine rings is 2. The number of likely N-dealkylation sites (N-methyl/N-ethyl adjacent to an activating group) is 2. The molecule has 0 saturated carbocycles. The first-order valence-electron chi connectivity index (χ1n) is 6.10. The zero-order chi connectivity index (χ0) is 12.5. The lowest BCUT2D eigenvalue weighted by molar-refractivity contribution is 0.208. The van der Waals surface area contributed by atoms with E-state index in [2.05, 4.69) is 74.9 Å². The highest BCUT2D eigenvalue weighted by Gasteiger charge is 2.35. The Labute approximate surface area is 131 Å². The fraction of sp³-hybridized carbons (Fsp3) is 1.00. The SMILES string of the molecule is CN1CCN(S(I)(I)N2CCN(C)CC2)CC1. The van der Waals surface area contributed by atoms with Gasteiger partial charge in [-0.2, -0.15) is 0 Å². The van der Waals surface area contributed by atoms with Crippen LogP contribution < -0.4 is 0 Å². The number of halogens is 2. The average molecular weight is 484 g/mol. The second-order valence-electron chi connectivity index (χ2n) is 4.88. The Bertz CT molecular complexity index is 227. The van der Waals surface area contributed by atoms with Gasteiger partial charge in [-0.3, -0.25) is 0 Å². The summed E-state index contributed by atoms with van der Waals surface area (Å²) in [6.45, 7) is 9.77. The summed E-state index contributed by atoms with van der Waals surface area (Å²) >= 11 is 5.43. The minimum atomic E-state index is -0.779. The molecule has 0 aliphatic carbocycles. The first kappa shape index (κ1) is 15.0. The van der Waals surface area contributed by atoms with Crippen molar-refractivity contribution >= 4 is 47.2 Å². The zero-order valence-electron chi connectivity index (χ0n) is 10.6. The topological polar surface area (TPSA) is 13.0 Å². The van der Waals surface area contributed by atoms with Crippen LogP contribution in [0.25, 0.3) is 0 Å². The molecule has 0 radical (unpaired) electrons. The molecule has 0 N–H and O–H groups in total. The molecule has 17 heavy (non-hydrogen) atoms. The molecule has 102 valence electrons. The highest BCUT2D eigenvalue weighted by atomic mass is 127. The number of hydrogen-bond acceptors (Lipinski definition) is 4. The maximum atomic E-state index is 2.71. The van der Waals surface area contributed by atoms with E-state index in [9.17, 15) is 0 Å². The fourth-order valence-electron chi connectivity index (χ4n) is 2.18. The third-order valence-electron chi connectivity index (χ3n) is 3.55. The normalized spacial score (nSPS) is 28.5. The van der Waals surface area contributed by atoms with E-state index in [-0.39, 0.29) is 0 Å². The third-order valence-corrected chi connectivity index (χ3v) is 12.2. The molecule has 0 aromatic carbocycles. The standard InChI is InChI=1S/C10H22I2N4S/c1-13-3-7-15(8-4-13)17(11,12)16-9-5-14(2)6-10-16/h3-10H2,1-2H3. The molecule has 0 spiro atoms. The van der Waals surface area contributed by atoms with Crippen LogP contribution in [0.4, 0.5) is 0 Å². The van der Waals surface area contributed by atoms with Crippen molar-refractivity contribution in [1.82, 2.24) is 18.4 Å². The Kier molecular flexibility index (Phi) is 5.66. The Balaban J connectivity index is 1.93. The van der Waals surface area contributed by atoms with Crippen molar-refractivity contribution in [1.29, 1.82) is 0 Å². The summed E-state index contributed by atoms with van der Waals surface area (Å²) in [4.78, 5) is 4.87. The van der Waals surface area contributed by atoms with Crippen LogP contribution in [0.3, 0.4) is 0 Å². The van der Waals surface area contributed by atoms with Gasteiger partial charge in [0.25, 0.3) is 0 Å². The molecule has 0 atom stereocenters. The van der Waals surface area contributed by atoms with Crippen molar-refractivity contribution < 1.29 is 0 Å². The van der Waals surface area contributed by atoms with E-state index in [4.69, 9.17) is 0 Å². The molecule has 2 aliphatic heterocycles. The van der Waals surface area contributed by atoms with Crippen molar-refractivity contribution in [3.05, 3.63) is 0 Å². The lowest BCUT2D eigenvalue weighted by atomic mass is 10.4. The molecule has 7 heteroatoms. The highest BCUT2D eigenvalue weighted by Crippen LogP contribution is 2.69. The quantitative estimate of drug-likeness (QED) is 0.555. The number of hydrogen-bond donors (Lipinski definition) is 0. The predicted molar refractivity (Wildman–Crippen MR) is 93.8 cm³/mol. The molecule has 4 nitrogen and oxygen atoms in total. The molecular formula is C10H22I2N4S. The van der Waals surface area contributed by atoms with Crippen LogP contribution in [0, 0.1) is 0 Å². The van der Waals surface area contributed by atoms with Crippen LogP contribution in [0.1, 0.15) is 0 Å². The summed E-state index contributed by atoms with van der Waals surface area (Å²) in [5, 5.41) is 0. The molecule has 0 aromatic rings. The van der Waals surface area contributed by atoms with Gasteiger partial charge in [-0.05, 0) is 18.8 Å². The maximum absolute atomic E-state index is 2.71. The first-order chi connectivity index (χ1) is 8.00. The maximum Gasteiger partial charge on any atom is 0.0227 e. The van der Waals surface area contributed by atoms with Crippen molar-refractivity contribution in [2.75, 3.05) is 66.5 Å². The summed E-state index contributed by atoms with van der Waals surface area (Å²) in [6, 6.07) is 0. The molecule has 2 heterocycles. The number of rotatable bonds is 2. The molecule has 0 unspecified atom stereocenters. The van der Waals surface area contributed by atoms with Crippen LogP contribution in [-0.4, -0.2) is 84.9 Å². The van der Waals surface area contributed by atoms with E-state index in [1.165, 1.54) is 52.4 Å². The Morgan fingerprint density at radius 1 is 0.647 bits per heavy atom. The van der Waals surface area contributed by atoms with Crippen molar-refractivity contribution in [2.24, 2.45) is 0 Å². The van der Waals surface area contributed by atoms with Crippen molar-refractivity contribution in [2.45, 2.75) is 0 Å². The monoisotopic (exact) mass is 484 g/mol. The lowest BCUT2D eigenvalue weighted by Gasteiger charge is -2.51. The second kappa shape index (κ2) is 6.40. The predicted octanol–water partition coefficient (Wildman–Crippen LogP) is 1.82. The van der Waals surface area contributed by atoms with E-state index in [1.54, 1.807) is 0 Å². The average Bonchev–Trinajstić information content (AvgIpc) is 2.30. The van der Waals surface area contributed by atoms with E-state index in [0.717, 1.165) is 0 Å². The summed E-state index contributed by atoms with van der Waals surface area (Å²) in [5.41, 5.74) is 0. The minimum Gasteiger partial charge on any atom is -0.304 e. The third kappa shape index (κ3) is 3.82. The Morgan fingerprint density at radius 3 is 1.24 bits per heavy atom. The number of nitrogens with zero attached hydrogens (tertiary/aromatic N) is 4. The van der Waals surface area contributed by atoms with Crippen LogP contribution in [-0.2, 0) is 0 Å².